The Morgan fingerprint density at radius 1 is 1.57 bits per heavy atom. The van der Waals surface area contributed by atoms with Crippen molar-refractivity contribution in [1.82, 2.24) is 15.2 Å². The lowest BCUT2D eigenvalue weighted by Crippen LogP contribution is -2.50. The summed E-state index contributed by atoms with van der Waals surface area (Å²) >= 11 is 0. The number of amides is 1. The molecular formula is C18H25N3O2. The van der Waals surface area contributed by atoms with Crippen molar-refractivity contribution >= 4 is 5.91 Å². The highest BCUT2D eigenvalue weighted by molar-refractivity contribution is 5.78. The van der Waals surface area contributed by atoms with Gasteiger partial charge in [-0.05, 0) is 30.4 Å². The lowest BCUT2D eigenvalue weighted by Gasteiger charge is -2.42. The van der Waals surface area contributed by atoms with Crippen molar-refractivity contribution < 1.29 is 9.53 Å². The van der Waals surface area contributed by atoms with Gasteiger partial charge in [-0.1, -0.05) is 12.1 Å². The van der Waals surface area contributed by atoms with Gasteiger partial charge in [0.05, 0.1) is 18.6 Å². The first-order valence-corrected chi connectivity index (χ1v) is 8.37. The van der Waals surface area contributed by atoms with Gasteiger partial charge in [0.15, 0.2) is 0 Å². The van der Waals surface area contributed by atoms with Crippen molar-refractivity contribution in [2.45, 2.75) is 25.5 Å². The standard InChI is InChI=1S/C18H25N3O2/c1-2-7-21-8-5-17-15(12-21)9-16(13-23-17)18(22)20-11-14-4-3-6-19-10-14/h2-4,6,10,15-17H,1,5,7-9,11-13H2,(H,20,22)/t15-,16-,17+/m1/s1. The smallest absolute Gasteiger partial charge is 0.225 e. The first-order chi connectivity index (χ1) is 11.3. The first kappa shape index (κ1) is 16.1. The molecule has 5 nitrogen and oxygen atoms in total. The van der Waals surface area contributed by atoms with Gasteiger partial charge in [0.25, 0.3) is 0 Å². The predicted octanol–water partition coefficient (Wildman–Crippen LogP) is 1.61. The summed E-state index contributed by atoms with van der Waals surface area (Å²) in [5.74, 6) is 0.497. The number of aromatic nitrogens is 1. The van der Waals surface area contributed by atoms with E-state index in [1.807, 2.05) is 18.2 Å². The van der Waals surface area contributed by atoms with Crippen LogP contribution >= 0.6 is 0 Å². The van der Waals surface area contributed by atoms with Crippen LogP contribution in [-0.4, -0.2) is 48.1 Å². The van der Waals surface area contributed by atoms with Gasteiger partial charge in [-0.25, -0.2) is 0 Å². The Morgan fingerprint density at radius 2 is 2.48 bits per heavy atom. The molecule has 5 heteroatoms. The van der Waals surface area contributed by atoms with Crippen LogP contribution in [0.4, 0.5) is 0 Å². The average Bonchev–Trinajstić information content (AvgIpc) is 2.60. The summed E-state index contributed by atoms with van der Waals surface area (Å²) in [6, 6.07) is 3.85. The molecule has 1 amide bonds. The molecule has 1 aromatic rings. The van der Waals surface area contributed by atoms with E-state index in [0.29, 0.717) is 25.2 Å². The molecule has 0 saturated carbocycles. The van der Waals surface area contributed by atoms with E-state index in [2.05, 4.69) is 21.8 Å². The quantitative estimate of drug-likeness (QED) is 0.839. The van der Waals surface area contributed by atoms with E-state index in [1.165, 1.54) is 0 Å². The van der Waals surface area contributed by atoms with Crippen molar-refractivity contribution in [1.29, 1.82) is 0 Å². The molecule has 2 saturated heterocycles. The fourth-order valence-electron chi connectivity index (χ4n) is 3.57. The topological polar surface area (TPSA) is 54.5 Å². The minimum atomic E-state index is -0.0448. The Hall–Kier alpha value is -1.72. The number of piperidine rings is 1. The zero-order valence-electron chi connectivity index (χ0n) is 13.5. The molecule has 0 spiro atoms. The zero-order valence-corrected chi connectivity index (χ0v) is 13.5. The molecule has 0 bridgehead atoms. The van der Waals surface area contributed by atoms with Crippen molar-refractivity contribution in [2.24, 2.45) is 11.8 Å². The lowest BCUT2D eigenvalue weighted by atomic mass is 9.83. The second-order valence-corrected chi connectivity index (χ2v) is 6.48. The van der Waals surface area contributed by atoms with Crippen LogP contribution < -0.4 is 5.32 Å². The molecule has 3 atom stereocenters. The van der Waals surface area contributed by atoms with Gasteiger partial charge >= 0.3 is 0 Å². The number of rotatable bonds is 5. The van der Waals surface area contributed by atoms with Crippen LogP contribution in [0.1, 0.15) is 18.4 Å². The number of carbonyl (C=O) groups excluding carboxylic acids is 1. The highest BCUT2D eigenvalue weighted by atomic mass is 16.5. The van der Waals surface area contributed by atoms with Crippen LogP contribution in [0.25, 0.3) is 0 Å². The van der Waals surface area contributed by atoms with Gasteiger partial charge in [-0.2, -0.15) is 0 Å². The number of nitrogens with zero attached hydrogens (tertiary/aromatic N) is 2. The highest BCUT2D eigenvalue weighted by Gasteiger charge is 2.37. The molecule has 3 heterocycles. The molecular weight excluding hydrogens is 290 g/mol. The van der Waals surface area contributed by atoms with Crippen molar-refractivity contribution in [2.75, 3.05) is 26.2 Å². The highest BCUT2D eigenvalue weighted by Crippen LogP contribution is 2.31. The summed E-state index contributed by atoms with van der Waals surface area (Å²) in [4.78, 5) is 18.9. The summed E-state index contributed by atoms with van der Waals surface area (Å²) in [7, 11) is 0. The largest absolute Gasteiger partial charge is 0.377 e. The van der Waals surface area contributed by atoms with E-state index >= 15 is 0 Å². The predicted molar refractivity (Wildman–Crippen MR) is 88.7 cm³/mol. The van der Waals surface area contributed by atoms with E-state index < -0.39 is 0 Å². The molecule has 3 rings (SSSR count). The molecule has 0 radical (unpaired) electrons. The first-order valence-electron chi connectivity index (χ1n) is 8.37. The molecule has 1 N–H and O–H groups in total. The van der Waals surface area contributed by atoms with E-state index in [0.717, 1.165) is 38.0 Å². The molecule has 0 unspecified atom stereocenters. The van der Waals surface area contributed by atoms with Crippen LogP contribution in [0, 0.1) is 11.8 Å². The maximum Gasteiger partial charge on any atom is 0.225 e. The van der Waals surface area contributed by atoms with Crippen LogP contribution in [0.5, 0.6) is 0 Å². The minimum Gasteiger partial charge on any atom is -0.377 e. The second kappa shape index (κ2) is 7.70. The van der Waals surface area contributed by atoms with Crippen molar-refractivity contribution in [3.05, 3.63) is 42.7 Å². The number of likely N-dealkylation sites (tertiary alicyclic amines) is 1. The van der Waals surface area contributed by atoms with Gasteiger partial charge in [-0.3, -0.25) is 14.7 Å². The Balaban J connectivity index is 1.50. The third kappa shape index (κ3) is 4.18. The monoisotopic (exact) mass is 315 g/mol. The van der Waals surface area contributed by atoms with Crippen LogP contribution in [-0.2, 0) is 16.1 Å². The molecule has 1 aromatic heterocycles. The summed E-state index contributed by atoms with van der Waals surface area (Å²) in [6.07, 6.45) is 7.75. The average molecular weight is 315 g/mol. The number of hydrogen-bond acceptors (Lipinski definition) is 4. The van der Waals surface area contributed by atoms with Gasteiger partial charge in [0.1, 0.15) is 0 Å². The minimum absolute atomic E-state index is 0.0448. The van der Waals surface area contributed by atoms with Gasteiger partial charge in [0.2, 0.25) is 5.91 Å². The number of fused-ring (bicyclic) bond motifs is 1. The number of pyridine rings is 1. The third-order valence-corrected chi connectivity index (χ3v) is 4.79. The zero-order chi connectivity index (χ0) is 16.1. The summed E-state index contributed by atoms with van der Waals surface area (Å²) in [6.45, 7) is 7.87. The number of nitrogens with one attached hydrogen (secondary N) is 1. The van der Waals surface area contributed by atoms with Crippen LogP contribution in [0.15, 0.2) is 37.2 Å². The van der Waals surface area contributed by atoms with E-state index in [4.69, 9.17) is 4.74 Å². The SMILES string of the molecule is C=CCN1CC[C@@H]2OC[C@H](C(=O)NCc3cccnc3)C[C@@H]2C1. The summed E-state index contributed by atoms with van der Waals surface area (Å²) < 4.78 is 5.97. The van der Waals surface area contributed by atoms with E-state index in [-0.39, 0.29) is 11.8 Å². The Morgan fingerprint density at radius 3 is 3.26 bits per heavy atom. The second-order valence-electron chi connectivity index (χ2n) is 6.48. The molecule has 2 aliphatic rings. The lowest BCUT2D eigenvalue weighted by molar-refractivity contribution is -0.138. The molecule has 23 heavy (non-hydrogen) atoms. The summed E-state index contributed by atoms with van der Waals surface area (Å²) in [5.41, 5.74) is 1.02. The third-order valence-electron chi connectivity index (χ3n) is 4.79. The maximum atomic E-state index is 12.4. The van der Waals surface area contributed by atoms with Crippen molar-refractivity contribution in [3.8, 4) is 0 Å². The van der Waals surface area contributed by atoms with Gasteiger partial charge in [0, 0.05) is 38.6 Å². The van der Waals surface area contributed by atoms with Crippen molar-refractivity contribution in [3.63, 3.8) is 0 Å². The fourth-order valence-corrected chi connectivity index (χ4v) is 3.57. The molecule has 2 fully saturated rings. The number of hydrogen-bond donors (Lipinski definition) is 1. The van der Waals surface area contributed by atoms with Crippen LogP contribution in [0.2, 0.25) is 0 Å². The number of ether oxygens (including phenoxy) is 1. The number of carbonyl (C=O) groups is 1. The maximum absolute atomic E-state index is 12.4. The fraction of sp³-hybridized carbons (Fsp3) is 0.556. The normalized spacial score (nSPS) is 27.9. The molecule has 0 aliphatic carbocycles. The van der Waals surface area contributed by atoms with E-state index in [1.54, 1.807) is 12.4 Å². The van der Waals surface area contributed by atoms with E-state index in [9.17, 15) is 4.79 Å². The van der Waals surface area contributed by atoms with Crippen LogP contribution in [0.3, 0.4) is 0 Å². The van der Waals surface area contributed by atoms with Gasteiger partial charge < -0.3 is 10.1 Å². The van der Waals surface area contributed by atoms with Gasteiger partial charge in [-0.15, -0.1) is 6.58 Å². The Bertz CT molecular complexity index is 534. The Labute approximate surface area is 137 Å². The molecule has 124 valence electrons. The summed E-state index contributed by atoms with van der Waals surface area (Å²) in [5, 5.41) is 3.01. The Kier molecular flexibility index (Phi) is 5.41. The molecule has 2 aliphatic heterocycles. The molecule has 0 aromatic carbocycles.